The van der Waals surface area contributed by atoms with E-state index in [4.69, 9.17) is 5.11 Å². The maximum absolute atomic E-state index is 10.2. The van der Waals surface area contributed by atoms with Gasteiger partial charge in [0.1, 0.15) is 0 Å². The van der Waals surface area contributed by atoms with Crippen LogP contribution in [0.1, 0.15) is 26.7 Å². The molecule has 3 nitrogen and oxygen atoms in total. The molecule has 1 atom stereocenters. The molecular weight excluding hydrogens is 186 g/mol. The standard InChI is InChI=1S/C9H19NO2S/c1-3-13-7-8(2)10-6-4-5-9(11)12/h8,10H,3-7H2,1-2H3,(H,11,12). The molecule has 0 saturated carbocycles. The summed E-state index contributed by atoms with van der Waals surface area (Å²) in [6.07, 6.45) is 0.983. The molecular formula is C9H19NO2S. The van der Waals surface area contributed by atoms with E-state index in [1.165, 1.54) is 0 Å². The van der Waals surface area contributed by atoms with Crippen molar-refractivity contribution in [2.75, 3.05) is 18.1 Å². The van der Waals surface area contributed by atoms with Crippen LogP contribution in [-0.2, 0) is 4.79 Å². The summed E-state index contributed by atoms with van der Waals surface area (Å²) in [5.74, 6) is 1.53. The number of rotatable bonds is 8. The van der Waals surface area contributed by atoms with E-state index >= 15 is 0 Å². The molecule has 0 heterocycles. The van der Waals surface area contributed by atoms with Crippen molar-refractivity contribution in [2.45, 2.75) is 32.7 Å². The van der Waals surface area contributed by atoms with Gasteiger partial charge in [0.2, 0.25) is 0 Å². The highest BCUT2D eigenvalue weighted by molar-refractivity contribution is 7.99. The van der Waals surface area contributed by atoms with Gasteiger partial charge in [-0.3, -0.25) is 4.79 Å². The lowest BCUT2D eigenvalue weighted by Gasteiger charge is -2.11. The fourth-order valence-electron chi connectivity index (χ4n) is 0.942. The second-order valence-corrected chi connectivity index (χ2v) is 4.33. The molecule has 0 spiro atoms. The second kappa shape index (κ2) is 8.38. The van der Waals surface area contributed by atoms with Gasteiger partial charge in [-0.05, 0) is 25.6 Å². The molecule has 0 saturated heterocycles. The summed E-state index contributed by atoms with van der Waals surface area (Å²) >= 11 is 1.90. The minimum Gasteiger partial charge on any atom is -0.481 e. The molecule has 13 heavy (non-hydrogen) atoms. The molecule has 0 aromatic heterocycles. The van der Waals surface area contributed by atoms with Gasteiger partial charge >= 0.3 is 5.97 Å². The lowest BCUT2D eigenvalue weighted by atomic mass is 10.3. The van der Waals surface area contributed by atoms with Gasteiger partial charge in [-0.25, -0.2) is 0 Å². The molecule has 0 fully saturated rings. The molecule has 0 amide bonds. The maximum Gasteiger partial charge on any atom is 0.303 e. The Bertz CT molecular complexity index is 142. The monoisotopic (exact) mass is 205 g/mol. The number of carbonyl (C=O) groups is 1. The quantitative estimate of drug-likeness (QED) is 0.591. The first kappa shape index (κ1) is 12.8. The zero-order chi connectivity index (χ0) is 10.1. The van der Waals surface area contributed by atoms with Crippen LogP contribution < -0.4 is 5.32 Å². The summed E-state index contributed by atoms with van der Waals surface area (Å²) < 4.78 is 0. The average Bonchev–Trinajstić information content (AvgIpc) is 2.08. The summed E-state index contributed by atoms with van der Waals surface area (Å²) in [6.45, 7) is 5.07. The number of thioether (sulfide) groups is 1. The van der Waals surface area contributed by atoms with Gasteiger partial charge in [-0.1, -0.05) is 6.92 Å². The molecule has 4 heteroatoms. The Hall–Kier alpha value is -0.220. The summed E-state index contributed by atoms with van der Waals surface area (Å²) in [7, 11) is 0. The van der Waals surface area contributed by atoms with Gasteiger partial charge in [0.05, 0.1) is 0 Å². The minimum atomic E-state index is -0.711. The first-order valence-electron chi connectivity index (χ1n) is 4.69. The van der Waals surface area contributed by atoms with Crippen LogP contribution in [0.15, 0.2) is 0 Å². The molecule has 1 unspecified atom stereocenters. The van der Waals surface area contributed by atoms with Crippen LogP contribution in [0.25, 0.3) is 0 Å². The zero-order valence-electron chi connectivity index (χ0n) is 8.38. The van der Waals surface area contributed by atoms with Crippen molar-refractivity contribution in [1.82, 2.24) is 5.32 Å². The summed E-state index contributed by atoms with van der Waals surface area (Å²) in [6, 6.07) is 0.485. The maximum atomic E-state index is 10.2. The molecule has 0 aliphatic carbocycles. The van der Waals surface area contributed by atoms with Gasteiger partial charge in [0.25, 0.3) is 0 Å². The van der Waals surface area contributed by atoms with Crippen LogP contribution >= 0.6 is 11.8 Å². The average molecular weight is 205 g/mol. The third-order valence-corrected chi connectivity index (χ3v) is 2.78. The number of carboxylic acids is 1. The van der Waals surface area contributed by atoms with Crippen LogP contribution in [0, 0.1) is 0 Å². The van der Waals surface area contributed by atoms with E-state index in [0.717, 1.165) is 24.5 Å². The summed E-state index contributed by atoms with van der Waals surface area (Å²) in [4.78, 5) is 10.2. The minimum absolute atomic E-state index is 0.265. The van der Waals surface area contributed by atoms with E-state index in [2.05, 4.69) is 19.2 Å². The number of carboxylic acid groups (broad SMARTS) is 1. The van der Waals surface area contributed by atoms with Crippen LogP contribution in [0.4, 0.5) is 0 Å². The Morgan fingerprint density at radius 3 is 2.85 bits per heavy atom. The molecule has 0 bridgehead atoms. The molecule has 0 aliphatic heterocycles. The lowest BCUT2D eigenvalue weighted by molar-refractivity contribution is -0.137. The van der Waals surface area contributed by atoms with Crippen molar-refractivity contribution in [3.63, 3.8) is 0 Å². The van der Waals surface area contributed by atoms with Gasteiger partial charge in [0.15, 0.2) is 0 Å². The van der Waals surface area contributed by atoms with Crippen molar-refractivity contribution in [2.24, 2.45) is 0 Å². The van der Waals surface area contributed by atoms with Crippen molar-refractivity contribution < 1.29 is 9.90 Å². The predicted molar refractivity (Wildman–Crippen MR) is 57.3 cm³/mol. The van der Waals surface area contributed by atoms with Gasteiger partial charge in [0, 0.05) is 18.2 Å². The van der Waals surface area contributed by atoms with Gasteiger partial charge in [-0.2, -0.15) is 11.8 Å². The SMILES string of the molecule is CCSCC(C)NCCCC(=O)O. The lowest BCUT2D eigenvalue weighted by Crippen LogP contribution is -2.29. The zero-order valence-corrected chi connectivity index (χ0v) is 9.19. The predicted octanol–water partition coefficient (Wildman–Crippen LogP) is 1.58. The molecule has 0 aromatic carbocycles. The summed E-state index contributed by atoms with van der Waals surface area (Å²) in [5.41, 5.74) is 0. The van der Waals surface area contributed by atoms with E-state index < -0.39 is 5.97 Å². The fraction of sp³-hybridized carbons (Fsp3) is 0.889. The smallest absolute Gasteiger partial charge is 0.303 e. The van der Waals surface area contributed by atoms with E-state index in [1.807, 2.05) is 11.8 Å². The van der Waals surface area contributed by atoms with Crippen molar-refractivity contribution >= 4 is 17.7 Å². The topological polar surface area (TPSA) is 49.3 Å². The normalized spacial score (nSPS) is 12.8. The number of aliphatic carboxylic acids is 1. The molecule has 78 valence electrons. The Kier molecular flexibility index (Phi) is 8.24. The van der Waals surface area contributed by atoms with E-state index in [9.17, 15) is 4.79 Å². The van der Waals surface area contributed by atoms with E-state index in [-0.39, 0.29) is 6.42 Å². The largest absolute Gasteiger partial charge is 0.481 e. The van der Waals surface area contributed by atoms with Crippen molar-refractivity contribution in [3.8, 4) is 0 Å². The van der Waals surface area contributed by atoms with Crippen molar-refractivity contribution in [3.05, 3.63) is 0 Å². The first-order valence-corrected chi connectivity index (χ1v) is 5.85. The molecule has 0 aromatic rings. The third-order valence-electron chi connectivity index (χ3n) is 1.63. The fourth-order valence-corrected chi connectivity index (χ4v) is 1.65. The van der Waals surface area contributed by atoms with Gasteiger partial charge < -0.3 is 10.4 Å². The van der Waals surface area contributed by atoms with E-state index in [0.29, 0.717) is 6.04 Å². The van der Waals surface area contributed by atoms with Crippen LogP contribution in [0.5, 0.6) is 0 Å². The van der Waals surface area contributed by atoms with Gasteiger partial charge in [-0.15, -0.1) is 0 Å². The highest BCUT2D eigenvalue weighted by Crippen LogP contribution is 2.01. The highest BCUT2D eigenvalue weighted by Gasteiger charge is 2.01. The Morgan fingerprint density at radius 2 is 2.31 bits per heavy atom. The highest BCUT2D eigenvalue weighted by atomic mass is 32.2. The Labute approximate surface area is 84.3 Å². The molecule has 0 radical (unpaired) electrons. The summed E-state index contributed by atoms with van der Waals surface area (Å²) in [5, 5.41) is 11.7. The number of nitrogens with one attached hydrogen (secondary N) is 1. The second-order valence-electron chi connectivity index (χ2n) is 3.01. The first-order chi connectivity index (χ1) is 6.16. The van der Waals surface area contributed by atoms with E-state index in [1.54, 1.807) is 0 Å². The van der Waals surface area contributed by atoms with Crippen LogP contribution in [0.3, 0.4) is 0 Å². The molecule has 2 N–H and O–H groups in total. The Morgan fingerprint density at radius 1 is 1.62 bits per heavy atom. The number of hydrogen-bond donors (Lipinski definition) is 2. The van der Waals surface area contributed by atoms with Crippen molar-refractivity contribution in [1.29, 1.82) is 0 Å². The number of hydrogen-bond acceptors (Lipinski definition) is 3. The Balaban J connectivity index is 3.16. The third kappa shape index (κ3) is 9.70. The van der Waals surface area contributed by atoms with Crippen LogP contribution in [-0.4, -0.2) is 35.2 Å². The van der Waals surface area contributed by atoms with Crippen LogP contribution in [0.2, 0.25) is 0 Å². The molecule has 0 aliphatic rings. The molecule has 0 rings (SSSR count).